The summed E-state index contributed by atoms with van der Waals surface area (Å²) in [6.45, 7) is 12.1. The average molecular weight is 233 g/mol. The fourth-order valence-electron chi connectivity index (χ4n) is 2.21. The Hall–Kier alpha value is -1.09. The van der Waals surface area contributed by atoms with Gasteiger partial charge in [0.25, 0.3) is 0 Å². The van der Waals surface area contributed by atoms with E-state index in [-0.39, 0.29) is 0 Å². The van der Waals surface area contributed by atoms with Gasteiger partial charge in [0.15, 0.2) is 0 Å². The van der Waals surface area contributed by atoms with Crippen molar-refractivity contribution in [3.05, 3.63) is 24.0 Å². The summed E-state index contributed by atoms with van der Waals surface area (Å²) in [6.07, 6.45) is 1.99. The molecule has 1 aliphatic heterocycles. The molecule has 0 amide bonds. The molecule has 0 spiro atoms. The van der Waals surface area contributed by atoms with E-state index in [4.69, 9.17) is 0 Å². The van der Waals surface area contributed by atoms with Gasteiger partial charge in [-0.15, -0.1) is 0 Å². The van der Waals surface area contributed by atoms with Gasteiger partial charge >= 0.3 is 0 Å². The average Bonchev–Trinajstić information content (AvgIpc) is 2.29. The zero-order chi connectivity index (χ0) is 12.5. The first-order valence-corrected chi connectivity index (χ1v) is 6.38. The second kappa shape index (κ2) is 4.65. The van der Waals surface area contributed by atoms with Gasteiger partial charge in [-0.05, 0) is 24.5 Å². The SMILES string of the molecule is Cc1ccc(N2CCNC(C(C)(C)C)C2)cn1. The lowest BCUT2D eigenvalue weighted by atomic mass is 9.85. The van der Waals surface area contributed by atoms with Crippen LogP contribution in [0, 0.1) is 12.3 Å². The molecule has 1 N–H and O–H groups in total. The normalized spacial score (nSPS) is 21.6. The number of hydrogen-bond donors (Lipinski definition) is 1. The molecule has 0 saturated carbocycles. The molecule has 0 radical (unpaired) electrons. The lowest BCUT2D eigenvalue weighted by Gasteiger charge is -2.41. The van der Waals surface area contributed by atoms with Crippen LogP contribution in [0.2, 0.25) is 0 Å². The van der Waals surface area contributed by atoms with Gasteiger partial charge < -0.3 is 10.2 Å². The van der Waals surface area contributed by atoms with Crippen LogP contribution in [0.25, 0.3) is 0 Å². The van der Waals surface area contributed by atoms with Crippen LogP contribution in [0.4, 0.5) is 5.69 Å². The number of aryl methyl sites for hydroxylation is 1. The predicted octanol–water partition coefficient (Wildman–Crippen LogP) is 2.21. The third kappa shape index (κ3) is 2.97. The highest BCUT2D eigenvalue weighted by molar-refractivity contribution is 5.45. The molecule has 2 rings (SSSR count). The molecule has 1 aromatic rings. The lowest BCUT2D eigenvalue weighted by Crippen LogP contribution is -2.56. The highest BCUT2D eigenvalue weighted by Gasteiger charge is 2.29. The Bertz CT molecular complexity index is 364. The third-order valence-electron chi connectivity index (χ3n) is 3.48. The van der Waals surface area contributed by atoms with Crippen LogP contribution in [-0.2, 0) is 0 Å². The molecule has 1 unspecified atom stereocenters. The van der Waals surface area contributed by atoms with Gasteiger partial charge in [-0.2, -0.15) is 0 Å². The van der Waals surface area contributed by atoms with Crippen molar-refractivity contribution >= 4 is 5.69 Å². The molecular weight excluding hydrogens is 210 g/mol. The fourth-order valence-corrected chi connectivity index (χ4v) is 2.21. The standard InChI is InChI=1S/C14H23N3/c1-11-5-6-12(9-16-11)17-8-7-15-13(10-17)14(2,3)4/h5-6,9,13,15H,7-8,10H2,1-4H3. The van der Waals surface area contributed by atoms with Crippen LogP contribution in [0.5, 0.6) is 0 Å². The van der Waals surface area contributed by atoms with Gasteiger partial charge in [-0.1, -0.05) is 20.8 Å². The molecule has 2 heterocycles. The lowest BCUT2D eigenvalue weighted by molar-refractivity contribution is 0.254. The van der Waals surface area contributed by atoms with E-state index in [1.165, 1.54) is 5.69 Å². The minimum Gasteiger partial charge on any atom is -0.367 e. The van der Waals surface area contributed by atoms with Crippen LogP contribution >= 0.6 is 0 Å². The highest BCUT2D eigenvalue weighted by atomic mass is 15.2. The summed E-state index contributed by atoms with van der Waals surface area (Å²) in [5.74, 6) is 0. The minimum absolute atomic E-state index is 0.302. The molecule has 17 heavy (non-hydrogen) atoms. The van der Waals surface area contributed by atoms with Crippen molar-refractivity contribution in [2.24, 2.45) is 5.41 Å². The Morgan fingerprint density at radius 2 is 2.12 bits per heavy atom. The molecule has 1 atom stereocenters. The first kappa shape index (κ1) is 12.4. The molecule has 94 valence electrons. The summed E-state index contributed by atoms with van der Waals surface area (Å²) in [5, 5.41) is 3.61. The number of hydrogen-bond acceptors (Lipinski definition) is 3. The van der Waals surface area contributed by atoms with Gasteiger partial charge in [0.1, 0.15) is 0 Å². The van der Waals surface area contributed by atoms with E-state index in [1.807, 2.05) is 13.1 Å². The summed E-state index contributed by atoms with van der Waals surface area (Å²) in [5.41, 5.74) is 2.62. The minimum atomic E-state index is 0.302. The zero-order valence-electron chi connectivity index (χ0n) is 11.3. The smallest absolute Gasteiger partial charge is 0.0553 e. The summed E-state index contributed by atoms with van der Waals surface area (Å²) in [6, 6.07) is 4.80. The molecule has 1 aromatic heterocycles. The molecule has 1 saturated heterocycles. The van der Waals surface area contributed by atoms with Crippen LogP contribution < -0.4 is 10.2 Å². The third-order valence-corrected chi connectivity index (χ3v) is 3.48. The number of rotatable bonds is 1. The van der Waals surface area contributed by atoms with E-state index in [9.17, 15) is 0 Å². The van der Waals surface area contributed by atoms with Crippen molar-refractivity contribution in [1.82, 2.24) is 10.3 Å². The van der Waals surface area contributed by atoms with E-state index in [2.05, 4.69) is 48.1 Å². The maximum Gasteiger partial charge on any atom is 0.0553 e. The first-order chi connectivity index (χ1) is 7.97. The zero-order valence-corrected chi connectivity index (χ0v) is 11.3. The first-order valence-electron chi connectivity index (χ1n) is 6.38. The summed E-state index contributed by atoms with van der Waals surface area (Å²) in [7, 11) is 0. The largest absolute Gasteiger partial charge is 0.367 e. The van der Waals surface area contributed by atoms with Gasteiger partial charge in [0.05, 0.1) is 11.9 Å². The van der Waals surface area contributed by atoms with Gasteiger partial charge in [0, 0.05) is 31.4 Å². The van der Waals surface area contributed by atoms with E-state index >= 15 is 0 Å². The Kier molecular flexibility index (Phi) is 3.38. The Morgan fingerprint density at radius 3 is 2.71 bits per heavy atom. The number of piperazine rings is 1. The molecule has 3 heteroatoms. The Labute approximate surface area is 104 Å². The summed E-state index contributed by atoms with van der Waals surface area (Å²) < 4.78 is 0. The molecular formula is C14H23N3. The van der Waals surface area contributed by atoms with Crippen LogP contribution in [0.1, 0.15) is 26.5 Å². The van der Waals surface area contributed by atoms with E-state index in [1.54, 1.807) is 0 Å². The quantitative estimate of drug-likeness (QED) is 0.806. The maximum atomic E-state index is 4.38. The molecule has 1 aliphatic rings. The second-order valence-electron chi connectivity index (χ2n) is 5.98. The number of pyridine rings is 1. The fraction of sp³-hybridized carbons (Fsp3) is 0.643. The topological polar surface area (TPSA) is 28.2 Å². The van der Waals surface area contributed by atoms with Crippen LogP contribution in [-0.4, -0.2) is 30.7 Å². The van der Waals surface area contributed by atoms with Crippen molar-refractivity contribution in [3.63, 3.8) is 0 Å². The van der Waals surface area contributed by atoms with Crippen molar-refractivity contribution < 1.29 is 0 Å². The second-order valence-corrected chi connectivity index (χ2v) is 5.98. The maximum absolute atomic E-state index is 4.38. The van der Waals surface area contributed by atoms with Crippen LogP contribution in [0.15, 0.2) is 18.3 Å². The highest BCUT2D eigenvalue weighted by Crippen LogP contribution is 2.24. The molecule has 3 nitrogen and oxygen atoms in total. The predicted molar refractivity (Wildman–Crippen MR) is 72.4 cm³/mol. The van der Waals surface area contributed by atoms with Crippen molar-refractivity contribution in [3.8, 4) is 0 Å². The molecule has 1 fully saturated rings. The van der Waals surface area contributed by atoms with Crippen molar-refractivity contribution in [2.45, 2.75) is 33.7 Å². The number of aromatic nitrogens is 1. The van der Waals surface area contributed by atoms with Gasteiger partial charge in [-0.3, -0.25) is 4.98 Å². The number of nitrogens with one attached hydrogen (secondary N) is 1. The van der Waals surface area contributed by atoms with Crippen molar-refractivity contribution in [2.75, 3.05) is 24.5 Å². The van der Waals surface area contributed by atoms with Gasteiger partial charge in [0.2, 0.25) is 0 Å². The molecule has 0 aliphatic carbocycles. The number of anilines is 1. The Balaban J connectivity index is 2.09. The van der Waals surface area contributed by atoms with Gasteiger partial charge in [-0.25, -0.2) is 0 Å². The molecule has 0 aromatic carbocycles. The van der Waals surface area contributed by atoms with Crippen molar-refractivity contribution in [1.29, 1.82) is 0 Å². The monoisotopic (exact) mass is 233 g/mol. The van der Waals surface area contributed by atoms with E-state index < -0.39 is 0 Å². The number of nitrogens with zero attached hydrogens (tertiary/aromatic N) is 2. The Morgan fingerprint density at radius 1 is 1.35 bits per heavy atom. The summed E-state index contributed by atoms with van der Waals surface area (Å²) in [4.78, 5) is 6.81. The van der Waals surface area contributed by atoms with Crippen LogP contribution in [0.3, 0.4) is 0 Å². The summed E-state index contributed by atoms with van der Waals surface area (Å²) >= 11 is 0. The molecule has 0 bridgehead atoms. The van der Waals surface area contributed by atoms with E-state index in [0.29, 0.717) is 11.5 Å². The van der Waals surface area contributed by atoms with E-state index in [0.717, 1.165) is 25.3 Å².